The summed E-state index contributed by atoms with van der Waals surface area (Å²) in [5.74, 6) is 0.661. The predicted molar refractivity (Wildman–Crippen MR) is 116 cm³/mol. The van der Waals surface area contributed by atoms with Gasteiger partial charge in [0.2, 0.25) is 5.91 Å². The lowest BCUT2D eigenvalue weighted by Crippen LogP contribution is -2.47. The van der Waals surface area contributed by atoms with Crippen molar-refractivity contribution in [1.29, 1.82) is 0 Å². The summed E-state index contributed by atoms with van der Waals surface area (Å²) in [6.45, 7) is 6.69. The second kappa shape index (κ2) is 12.0. The van der Waals surface area contributed by atoms with Gasteiger partial charge in [0.25, 0.3) is 0 Å². The Morgan fingerprint density at radius 2 is 2.22 bits per heavy atom. The minimum Gasteiger partial charge on any atom is -0.486 e. The molecule has 27 heavy (non-hydrogen) atoms. The van der Waals surface area contributed by atoms with E-state index in [9.17, 15) is 9.18 Å². The number of hydrogen-bond acceptors (Lipinski definition) is 3. The largest absolute Gasteiger partial charge is 0.486 e. The first-order chi connectivity index (χ1) is 12.5. The number of rotatable bonds is 7. The van der Waals surface area contributed by atoms with Crippen LogP contribution < -0.4 is 15.8 Å². The molecular weight excluding hydrogens is 462 g/mol. The number of para-hydroxylation sites is 1. The summed E-state index contributed by atoms with van der Waals surface area (Å²) >= 11 is 0. The fourth-order valence-electron chi connectivity index (χ4n) is 3.14. The number of ether oxygens (including phenoxy) is 1. The minimum atomic E-state index is -0.374. The molecule has 3 N–H and O–H groups in total. The van der Waals surface area contributed by atoms with Crippen molar-refractivity contribution in [1.82, 2.24) is 10.2 Å². The van der Waals surface area contributed by atoms with E-state index in [2.05, 4.69) is 15.2 Å². The first-order valence-electron chi connectivity index (χ1n) is 9.22. The first-order valence-corrected chi connectivity index (χ1v) is 9.22. The molecule has 1 aliphatic heterocycles. The fourth-order valence-corrected chi connectivity index (χ4v) is 3.14. The van der Waals surface area contributed by atoms with E-state index in [-0.39, 0.29) is 53.5 Å². The standard InChI is InChI=1S/C19H29FN4O2.HI/c1-3-22-19(24-10-6-7-15(13-24)11-18(21)25)23-12-14(2)26-17-9-5-4-8-16(17)20;/h4-5,8-9,14-15H,3,6-7,10-13H2,1-2H3,(H2,21,25)(H,22,23);1H. The summed E-state index contributed by atoms with van der Waals surface area (Å²) in [6.07, 6.45) is 2.16. The van der Waals surface area contributed by atoms with Crippen molar-refractivity contribution in [2.75, 3.05) is 26.2 Å². The van der Waals surface area contributed by atoms with E-state index in [1.165, 1.54) is 6.07 Å². The lowest BCUT2D eigenvalue weighted by molar-refractivity contribution is -0.119. The van der Waals surface area contributed by atoms with Gasteiger partial charge in [0.1, 0.15) is 6.10 Å². The van der Waals surface area contributed by atoms with Crippen molar-refractivity contribution in [3.63, 3.8) is 0 Å². The quantitative estimate of drug-likeness (QED) is 0.349. The Hall–Kier alpha value is -1.58. The van der Waals surface area contributed by atoms with Gasteiger partial charge in [-0.3, -0.25) is 4.79 Å². The number of carbonyl (C=O) groups excluding carboxylic acids is 1. The zero-order valence-electron chi connectivity index (χ0n) is 16.0. The highest BCUT2D eigenvalue weighted by Crippen LogP contribution is 2.20. The third-order valence-electron chi connectivity index (χ3n) is 4.31. The molecule has 2 rings (SSSR count). The molecule has 1 aliphatic rings. The van der Waals surface area contributed by atoms with Crippen LogP contribution in [0, 0.1) is 11.7 Å². The molecule has 0 bridgehead atoms. The van der Waals surface area contributed by atoms with Gasteiger partial charge in [-0.05, 0) is 44.7 Å². The number of nitrogens with zero attached hydrogens (tertiary/aromatic N) is 2. The van der Waals surface area contributed by atoms with Gasteiger partial charge in [0.05, 0.1) is 6.54 Å². The SMILES string of the molecule is CCNC(=NCC(C)Oc1ccccc1F)N1CCCC(CC(N)=O)C1.I. The van der Waals surface area contributed by atoms with Crippen molar-refractivity contribution in [2.24, 2.45) is 16.6 Å². The van der Waals surface area contributed by atoms with Crippen LogP contribution in [-0.4, -0.2) is 49.0 Å². The number of aliphatic imine (C=N–C) groups is 1. The van der Waals surface area contributed by atoms with Crippen LogP contribution in [0.15, 0.2) is 29.3 Å². The second-order valence-corrected chi connectivity index (χ2v) is 6.68. The van der Waals surface area contributed by atoms with Crippen molar-refractivity contribution in [3.05, 3.63) is 30.1 Å². The number of amides is 1. The lowest BCUT2D eigenvalue weighted by atomic mass is 9.95. The number of likely N-dealkylation sites (tertiary alicyclic amines) is 1. The second-order valence-electron chi connectivity index (χ2n) is 6.68. The maximum Gasteiger partial charge on any atom is 0.217 e. The number of piperidine rings is 1. The van der Waals surface area contributed by atoms with Gasteiger partial charge in [0, 0.05) is 26.1 Å². The number of halogens is 2. The van der Waals surface area contributed by atoms with Crippen molar-refractivity contribution in [3.8, 4) is 5.75 Å². The van der Waals surface area contributed by atoms with Gasteiger partial charge in [-0.25, -0.2) is 9.38 Å². The van der Waals surface area contributed by atoms with E-state index in [0.717, 1.165) is 38.4 Å². The Balaban J connectivity index is 0.00000364. The molecule has 0 aliphatic carbocycles. The summed E-state index contributed by atoms with van der Waals surface area (Å²) in [5.41, 5.74) is 5.34. The van der Waals surface area contributed by atoms with Crippen LogP contribution in [0.3, 0.4) is 0 Å². The number of benzene rings is 1. The molecule has 1 saturated heterocycles. The number of nitrogens with one attached hydrogen (secondary N) is 1. The van der Waals surface area contributed by atoms with Crippen LogP contribution in [0.5, 0.6) is 5.75 Å². The first kappa shape index (κ1) is 23.5. The van der Waals surface area contributed by atoms with Crippen LogP contribution in [0.2, 0.25) is 0 Å². The normalized spacial score (nSPS) is 18.4. The van der Waals surface area contributed by atoms with Gasteiger partial charge < -0.3 is 20.7 Å². The number of primary amides is 1. The molecule has 1 aromatic rings. The highest BCUT2D eigenvalue weighted by Gasteiger charge is 2.23. The topological polar surface area (TPSA) is 80.0 Å². The molecule has 0 saturated carbocycles. The van der Waals surface area contributed by atoms with Gasteiger partial charge in [0.15, 0.2) is 17.5 Å². The number of hydrogen-bond donors (Lipinski definition) is 2. The van der Waals surface area contributed by atoms with Crippen molar-refractivity contribution < 1.29 is 13.9 Å². The average Bonchev–Trinajstić information content (AvgIpc) is 2.60. The fraction of sp³-hybridized carbons (Fsp3) is 0.579. The molecule has 1 amide bonds. The molecular formula is C19H30FIN4O2. The van der Waals surface area contributed by atoms with E-state index in [1.54, 1.807) is 18.2 Å². The lowest BCUT2D eigenvalue weighted by Gasteiger charge is -2.34. The molecule has 2 unspecified atom stereocenters. The minimum absolute atomic E-state index is 0. The van der Waals surface area contributed by atoms with Crippen molar-refractivity contribution in [2.45, 2.75) is 39.2 Å². The summed E-state index contributed by atoms with van der Waals surface area (Å²) in [6, 6.07) is 6.36. The van der Waals surface area contributed by atoms with E-state index in [0.29, 0.717) is 13.0 Å². The molecule has 1 fully saturated rings. The smallest absolute Gasteiger partial charge is 0.217 e. The van der Waals surface area contributed by atoms with Crippen LogP contribution in [0.25, 0.3) is 0 Å². The number of nitrogens with two attached hydrogens (primary N) is 1. The molecule has 0 aromatic heterocycles. The summed E-state index contributed by atoms with van der Waals surface area (Å²) in [7, 11) is 0. The molecule has 0 radical (unpaired) electrons. The molecule has 2 atom stereocenters. The van der Waals surface area contributed by atoms with Gasteiger partial charge in [-0.1, -0.05) is 12.1 Å². The Kier molecular flexibility index (Phi) is 10.4. The van der Waals surface area contributed by atoms with E-state index < -0.39 is 0 Å². The van der Waals surface area contributed by atoms with Gasteiger partial charge in [-0.15, -0.1) is 24.0 Å². The van der Waals surface area contributed by atoms with Crippen LogP contribution in [0.4, 0.5) is 4.39 Å². The van der Waals surface area contributed by atoms with Gasteiger partial charge >= 0.3 is 0 Å². The Morgan fingerprint density at radius 1 is 1.48 bits per heavy atom. The third kappa shape index (κ3) is 7.90. The Morgan fingerprint density at radius 3 is 2.89 bits per heavy atom. The molecule has 0 spiro atoms. The zero-order chi connectivity index (χ0) is 18.9. The Labute approximate surface area is 177 Å². The highest BCUT2D eigenvalue weighted by molar-refractivity contribution is 14.0. The molecule has 1 aromatic carbocycles. The molecule has 6 nitrogen and oxygen atoms in total. The zero-order valence-corrected chi connectivity index (χ0v) is 18.3. The number of carbonyl (C=O) groups is 1. The maximum absolute atomic E-state index is 13.7. The van der Waals surface area contributed by atoms with Crippen LogP contribution in [0.1, 0.15) is 33.1 Å². The Bertz CT molecular complexity index is 629. The average molecular weight is 492 g/mol. The predicted octanol–water partition coefficient (Wildman–Crippen LogP) is 2.76. The van der Waals surface area contributed by atoms with E-state index >= 15 is 0 Å². The van der Waals surface area contributed by atoms with E-state index in [1.807, 2.05) is 13.8 Å². The summed E-state index contributed by atoms with van der Waals surface area (Å²) < 4.78 is 19.3. The highest BCUT2D eigenvalue weighted by atomic mass is 127. The van der Waals surface area contributed by atoms with Crippen LogP contribution in [-0.2, 0) is 4.79 Å². The van der Waals surface area contributed by atoms with Crippen molar-refractivity contribution >= 4 is 35.8 Å². The number of guanidine groups is 1. The van der Waals surface area contributed by atoms with Crippen LogP contribution >= 0.6 is 24.0 Å². The maximum atomic E-state index is 13.7. The third-order valence-corrected chi connectivity index (χ3v) is 4.31. The molecule has 8 heteroatoms. The molecule has 1 heterocycles. The van der Waals surface area contributed by atoms with E-state index in [4.69, 9.17) is 10.5 Å². The summed E-state index contributed by atoms with van der Waals surface area (Å²) in [5, 5.41) is 3.29. The monoisotopic (exact) mass is 492 g/mol. The van der Waals surface area contributed by atoms with Gasteiger partial charge in [-0.2, -0.15) is 0 Å². The summed E-state index contributed by atoms with van der Waals surface area (Å²) in [4.78, 5) is 18.0. The molecule has 152 valence electrons.